The molecule has 0 saturated heterocycles. The fourth-order valence-corrected chi connectivity index (χ4v) is 4.04. The van der Waals surface area contributed by atoms with Crippen molar-refractivity contribution in [1.29, 1.82) is 0 Å². The Morgan fingerprint density at radius 2 is 1.95 bits per heavy atom. The number of hydrogen-bond acceptors (Lipinski definition) is 2. The van der Waals surface area contributed by atoms with Gasteiger partial charge in [0.05, 0.1) is 0 Å². The van der Waals surface area contributed by atoms with Crippen molar-refractivity contribution in [3.05, 3.63) is 29.8 Å². The molecule has 1 aliphatic rings. The van der Waals surface area contributed by atoms with Gasteiger partial charge in [-0.05, 0) is 61.8 Å². The second-order valence-electron chi connectivity index (χ2n) is 6.67. The summed E-state index contributed by atoms with van der Waals surface area (Å²) in [6.07, 6.45) is 5.60. The van der Waals surface area contributed by atoms with Gasteiger partial charge in [-0.3, -0.25) is 0 Å². The molecule has 1 saturated carbocycles. The number of nitrogens with one attached hydrogen (secondary N) is 1. The Morgan fingerprint density at radius 1 is 1.20 bits per heavy atom. The zero-order valence-electron chi connectivity index (χ0n) is 13.2. The Bertz CT molecular complexity index is 394. The SMILES string of the molecule is CC(C)CNCc1cccc(SC2CCC(C)CC2)c1. The van der Waals surface area contributed by atoms with Gasteiger partial charge in [0.25, 0.3) is 0 Å². The molecular formula is C18H29NS. The van der Waals surface area contributed by atoms with Gasteiger partial charge in [0.15, 0.2) is 0 Å². The van der Waals surface area contributed by atoms with E-state index in [1.165, 1.54) is 36.1 Å². The summed E-state index contributed by atoms with van der Waals surface area (Å²) in [4.78, 5) is 1.45. The van der Waals surface area contributed by atoms with Crippen LogP contribution in [0.25, 0.3) is 0 Å². The molecule has 1 aromatic rings. The lowest BCUT2D eigenvalue weighted by Gasteiger charge is -2.25. The molecule has 112 valence electrons. The van der Waals surface area contributed by atoms with E-state index in [0.29, 0.717) is 0 Å². The molecule has 1 aliphatic carbocycles. The molecule has 0 radical (unpaired) electrons. The first-order chi connectivity index (χ1) is 9.63. The predicted molar refractivity (Wildman–Crippen MR) is 90.3 cm³/mol. The van der Waals surface area contributed by atoms with Gasteiger partial charge in [0.1, 0.15) is 0 Å². The fraction of sp³-hybridized carbons (Fsp3) is 0.667. The van der Waals surface area contributed by atoms with Crippen LogP contribution in [0, 0.1) is 11.8 Å². The summed E-state index contributed by atoms with van der Waals surface area (Å²) in [7, 11) is 0. The van der Waals surface area contributed by atoms with E-state index >= 15 is 0 Å². The van der Waals surface area contributed by atoms with E-state index in [-0.39, 0.29) is 0 Å². The van der Waals surface area contributed by atoms with E-state index in [1.807, 2.05) is 0 Å². The van der Waals surface area contributed by atoms with Gasteiger partial charge < -0.3 is 5.32 Å². The van der Waals surface area contributed by atoms with Crippen LogP contribution in [0.4, 0.5) is 0 Å². The highest BCUT2D eigenvalue weighted by Gasteiger charge is 2.18. The van der Waals surface area contributed by atoms with Crippen molar-refractivity contribution >= 4 is 11.8 Å². The quantitative estimate of drug-likeness (QED) is 0.782. The average Bonchev–Trinajstić information content (AvgIpc) is 2.41. The standard InChI is InChI=1S/C18H29NS/c1-14(2)12-19-13-16-5-4-6-18(11-16)20-17-9-7-15(3)8-10-17/h4-6,11,14-15,17,19H,7-10,12-13H2,1-3H3. The Hall–Kier alpha value is -0.470. The fourth-order valence-electron chi connectivity index (χ4n) is 2.77. The second kappa shape index (κ2) is 8.09. The van der Waals surface area contributed by atoms with Gasteiger partial charge in [-0.15, -0.1) is 11.8 Å². The summed E-state index contributed by atoms with van der Waals surface area (Å²) in [6, 6.07) is 9.09. The number of rotatable bonds is 6. The van der Waals surface area contributed by atoms with Crippen LogP contribution in [0.3, 0.4) is 0 Å². The summed E-state index contributed by atoms with van der Waals surface area (Å²) >= 11 is 2.09. The topological polar surface area (TPSA) is 12.0 Å². The largest absolute Gasteiger partial charge is 0.312 e. The van der Waals surface area contributed by atoms with Gasteiger partial charge >= 0.3 is 0 Å². The minimum absolute atomic E-state index is 0.719. The molecule has 0 unspecified atom stereocenters. The Morgan fingerprint density at radius 3 is 2.65 bits per heavy atom. The lowest BCUT2D eigenvalue weighted by molar-refractivity contribution is 0.393. The van der Waals surface area contributed by atoms with Crippen molar-refractivity contribution in [3.63, 3.8) is 0 Å². The maximum atomic E-state index is 3.53. The molecule has 2 heteroatoms. The Kier molecular flexibility index (Phi) is 6.44. The molecule has 0 aliphatic heterocycles. The molecule has 0 aromatic heterocycles. The average molecular weight is 292 g/mol. The van der Waals surface area contributed by atoms with Crippen LogP contribution in [0.2, 0.25) is 0 Å². The molecule has 1 fully saturated rings. The lowest BCUT2D eigenvalue weighted by Crippen LogP contribution is -2.19. The van der Waals surface area contributed by atoms with E-state index in [1.54, 1.807) is 0 Å². The molecule has 1 N–H and O–H groups in total. The molecule has 1 aromatic carbocycles. The van der Waals surface area contributed by atoms with Crippen LogP contribution < -0.4 is 5.32 Å². The van der Waals surface area contributed by atoms with Crippen molar-refractivity contribution in [3.8, 4) is 0 Å². The van der Waals surface area contributed by atoms with Gasteiger partial charge in [-0.2, -0.15) is 0 Å². The molecule has 0 atom stereocenters. The van der Waals surface area contributed by atoms with E-state index < -0.39 is 0 Å². The predicted octanol–water partition coefficient (Wildman–Crippen LogP) is 5.10. The maximum Gasteiger partial charge on any atom is 0.0206 e. The van der Waals surface area contributed by atoms with Crippen molar-refractivity contribution in [2.24, 2.45) is 11.8 Å². The highest BCUT2D eigenvalue weighted by atomic mass is 32.2. The highest BCUT2D eigenvalue weighted by Crippen LogP contribution is 2.35. The van der Waals surface area contributed by atoms with Crippen molar-refractivity contribution in [2.45, 2.75) is 63.1 Å². The van der Waals surface area contributed by atoms with Crippen molar-refractivity contribution in [2.75, 3.05) is 6.54 Å². The molecule has 2 rings (SSSR count). The summed E-state index contributed by atoms with van der Waals surface area (Å²) in [6.45, 7) is 8.99. The third-order valence-electron chi connectivity index (χ3n) is 4.05. The smallest absolute Gasteiger partial charge is 0.0206 e. The van der Waals surface area contributed by atoms with Crippen LogP contribution in [0.5, 0.6) is 0 Å². The molecule has 20 heavy (non-hydrogen) atoms. The first kappa shape index (κ1) is 15.9. The number of hydrogen-bond donors (Lipinski definition) is 1. The molecule has 1 nitrogen and oxygen atoms in total. The van der Waals surface area contributed by atoms with Crippen LogP contribution in [-0.2, 0) is 6.54 Å². The lowest BCUT2D eigenvalue weighted by atomic mass is 9.91. The molecular weight excluding hydrogens is 262 g/mol. The molecule has 0 amide bonds. The monoisotopic (exact) mass is 291 g/mol. The second-order valence-corrected chi connectivity index (χ2v) is 8.05. The third-order valence-corrected chi connectivity index (χ3v) is 5.38. The molecule has 0 bridgehead atoms. The van der Waals surface area contributed by atoms with Crippen LogP contribution >= 0.6 is 11.8 Å². The zero-order chi connectivity index (χ0) is 14.4. The normalized spacial score (nSPS) is 23.2. The van der Waals surface area contributed by atoms with Gasteiger partial charge in [0, 0.05) is 16.7 Å². The summed E-state index contributed by atoms with van der Waals surface area (Å²) < 4.78 is 0. The minimum Gasteiger partial charge on any atom is -0.312 e. The first-order valence-electron chi connectivity index (χ1n) is 8.10. The van der Waals surface area contributed by atoms with Crippen molar-refractivity contribution < 1.29 is 0 Å². The Labute approximate surface area is 128 Å². The number of thioether (sulfide) groups is 1. The summed E-state index contributed by atoms with van der Waals surface area (Å²) in [5.41, 5.74) is 1.42. The highest BCUT2D eigenvalue weighted by molar-refractivity contribution is 8.00. The van der Waals surface area contributed by atoms with E-state index in [9.17, 15) is 0 Å². The molecule has 0 spiro atoms. The van der Waals surface area contributed by atoms with Crippen LogP contribution in [0.1, 0.15) is 52.0 Å². The van der Waals surface area contributed by atoms with Gasteiger partial charge in [0.2, 0.25) is 0 Å². The van der Waals surface area contributed by atoms with Gasteiger partial charge in [-0.25, -0.2) is 0 Å². The maximum absolute atomic E-state index is 3.53. The minimum atomic E-state index is 0.719. The van der Waals surface area contributed by atoms with E-state index in [2.05, 4.69) is 62.1 Å². The summed E-state index contributed by atoms with van der Waals surface area (Å²) in [5, 5.41) is 4.37. The summed E-state index contributed by atoms with van der Waals surface area (Å²) in [5.74, 6) is 1.66. The van der Waals surface area contributed by atoms with E-state index in [4.69, 9.17) is 0 Å². The third kappa shape index (κ3) is 5.49. The van der Waals surface area contributed by atoms with E-state index in [0.717, 1.165) is 30.2 Å². The number of benzene rings is 1. The van der Waals surface area contributed by atoms with Crippen LogP contribution in [0.15, 0.2) is 29.2 Å². The molecule has 0 heterocycles. The van der Waals surface area contributed by atoms with Crippen molar-refractivity contribution in [1.82, 2.24) is 5.32 Å². The zero-order valence-corrected chi connectivity index (χ0v) is 14.0. The van der Waals surface area contributed by atoms with Gasteiger partial charge in [-0.1, -0.05) is 32.9 Å². The Balaban J connectivity index is 1.82. The van der Waals surface area contributed by atoms with Crippen LogP contribution in [-0.4, -0.2) is 11.8 Å². The first-order valence-corrected chi connectivity index (χ1v) is 8.97.